The second kappa shape index (κ2) is 38.0. The van der Waals surface area contributed by atoms with Crippen LogP contribution in [-0.4, -0.2) is 48.4 Å². The molecule has 0 nitrogen and oxygen atoms in total. The third-order valence-electron chi connectivity index (χ3n) is 25.7. The normalized spacial score (nSPS) is 27.1. The third-order valence-corrected chi connectivity index (χ3v) is 78.1. The summed E-state index contributed by atoms with van der Waals surface area (Å²) in [4.78, 5) is 19.1. The molecule has 0 aromatic carbocycles. The summed E-state index contributed by atoms with van der Waals surface area (Å²) in [7, 11) is -9.14. The van der Waals surface area contributed by atoms with Crippen molar-refractivity contribution < 1.29 is 0 Å². The maximum Gasteiger partial charge on any atom is 0.0481 e. The van der Waals surface area contributed by atoms with Crippen molar-refractivity contribution in [3.05, 3.63) is 79.5 Å². The van der Waals surface area contributed by atoms with Gasteiger partial charge in [-0.25, -0.2) is 0 Å². The molecule has 6 aromatic rings. The lowest BCUT2D eigenvalue weighted by Crippen LogP contribution is -2.55. The quantitative estimate of drug-likeness (QED) is 0.133. The van der Waals surface area contributed by atoms with Gasteiger partial charge in [-0.05, 0) is 161 Å². The van der Waals surface area contributed by atoms with Crippen molar-refractivity contribution in [2.45, 2.75) is 400 Å². The van der Waals surface area contributed by atoms with Crippen LogP contribution in [0.4, 0.5) is 0 Å². The van der Waals surface area contributed by atoms with Gasteiger partial charge in [0.15, 0.2) is 0 Å². The molecular weight excluding hydrogens is 1410 g/mol. The zero-order chi connectivity index (χ0) is 69.4. The highest BCUT2D eigenvalue weighted by Gasteiger charge is 2.48. The van der Waals surface area contributed by atoms with Gasteiger partial charge in [-0.1, -0.05) is 310 Å². The Morgan fingerprint density at radius 2 is 0.424 bits per heavy atom. The van der Waals surface area contributed by atoms with Gasteiger partial charge in [-0.3, -0.25) is 0 Å². The van der Waals surface area contributed by atoms with Crippen LogP contribution in [-0.2, 0) is 38.5 Å². The van der Waals surface area contributed by atoms with Gasteiger partial charge in [-0.2, -0.15) is 0 Å². The van der Waals surface area contributed by atoms with Crippen molar-refractivity contribution in [3.63, 3.8) is 0 Å². The average molecular weight is 1550 g/mol. The van der Waals surface area contributed by atoms with Gasteiger partial charge in [0.1, 0.15) is 0 Å². The Morgan fingerprint density at radius 3 is 0.727 bits per heavy atom. The molecule has 550 valence electrons. The zero-order valence-electron chi connectivity index (χ0n) is 65.4. The molecule has 0 aliphatic carbocycles. The molecule has 0 saturated carbocycles. The molecule has 11 heterocycles. The average Bonchev–Trinajstić information content (AvgIpc) is 1.65. The van der Waals surface area contributed by atoms with E-state index in [9.17, 15) is 0 Å². The molecule has 12 heteroatoms. The number of hydrogen-bond acceptors (Lipinski definition) is 6. The van der Waals surface area contributed by atoms with Crippen LogP contribution in [0.1, 0.15) is 274 Å². The maximum atomic E-state index is 3.18. The zero-order valence-corrected chi connectivity index (χ0v) is 76.3. The van der Waals surface area contributed by atoms with Crippen molar-refractivity contribution in [1.29, 1.82) is 0 Å². The van der Waals surface area contributed by atoms with Crippen LogP contribution in [0.15, 0.2) is 36.4 Å². The highest BCUT2D eigenvalue weighted by Crippen LogP contribution is 2.53. The summed E-state index contributed by atoms with van der Waals surface area (Å²) < 4.78 is 0. The SMILES string of the molecule is Cc1cc2c(s1)-c1cc3c(s1)-c1cc4c(s1)-c1cc5c(s1)-c1cc6c(s1)-c1cc(c(C)s1)CCCCCCCC[Si](C)(C)C[Si](C)(CCCCCCCC6)C[Si](C)(CCCCCCCC5)C[Si](C)(CCCCCCCC4)C[Si](C)(CCCCCCCC3)C[Si](C)(C)CCCCCCCC2. The van der Waals surface area contributed by atoms with Crippen molar-refractivity contribution >= 4 is 116 Å². The lowest BCUT2D eigenvalue weighted by Gasteiger charge is -2.47. The highest BCUT2D eigenvalue weighted by atomic mass is 32.1. The maximum absolute atomic E-state index is 3.18. The number of rotatable bonds is 0. The number of hydrogen-bond donors (Lipinski definition) is 0. The molecule has 5 aliphatic heterocycles. The molecule has 11 rings (SSSR count). The minimum Gasteiger partial charge on any atom is -0.139 e. The fourth-order valence-electron chi connectivity index (χ4n) is 21.7. The van der Waals surface area contributed by atoms with Crippen LogP contribution >= 0.6 is 68.0 Å². The summed E-state index contributed by atoms with van der Waals surface area (Å²) in [5.41, 5.74) is 18.9. The summed E-state index contributed by atoms with van der Waals surface area (Å²) in [6.45, 7) is 29.2. The Balaban J connectivity index is 1.07. The van der Waals surface area contributed by atoms with Crippen molar-refractivity contribution in [2.24, 2.45) is 0 Å². The predicted octanol–water partition coefficient (Wildman–Crippen LogP) is 32.8. The fourth-order valence-corrected chi connectivity index (χ4v) is 92.9. The minimum atomic E-state index is -1.64. The van der Waals surface area contributed by atoms with E-state index in [0.29, 0.717) is 0 Å². The van der Waals surface area contributed by atoms with Crippen molar-refractivity contribution in [2.75, 3.05) is 0 Å². The number of thiophene rings is 6. The highest BCUT2D eigenvalue weighted by molar-refractivity contribution is 7.31. The van der Waals surface area contributed by atoms with Gasteiger partial charge in [0, 0.05) is 107 Å². The molecule has 0 N–H and O–H groups in total. The Morgan fingerprint density at radius 1 is 0.212 bits per heavy atom. The molecule has 99 heavy (non-hydrogen) atoms. The minimum absolute atomic E-state index is 1.22. The predicted molar refractivity (Wildman–Crippen MR) is 473 cm³/mol. The summed E-state index contributed by atoms with van der Waals surface area (Å²) in [5.74, 6) is 0. The number of fused-ring (bicyclic) bond motifs is 44. The second-order valence-corrected chi connectivity index (χ2v) is 77.4. The van der Waals surface area contributed by atoms with Gasteiger partial charge >= 0.3 is 0 Å². The van der Waals surface area contributed by atoms with E-state index < -0.39 is 48.4 Å². The van der Waals surface area contributed by atoms with E-state index in [0.717, 1.165) is 0 Å². The van der Waals surface area contributed by atoms with E-state index in [-0.39, 0.29) is 0 Å². The molecule has 0 saturated heterocycles. The summed E-state index contributed by atoms with van der Waals surface area (Å²) in [6.07, 6.45) is 59.3. The van der Waals surface area contributed by atoms with Gasteiger partial charge in [0.05, 0.1) is 0 Å². The van der Waals surface area contributed by atoms with Crippen LogP contribution < -0.4 is 0 Å². The van der Waals surface area contributed by atoms with Gasteiger partial charge in [0.25, 0.3) is 0 Å². The molecule has 0 spiro atoms. The lowest BCUT2D eigenvalue weighted by molar-refractivity contribution is 0.604. The van der Waals surface area contributed by atoms with Crippen LogP contribution in [0.25, 0.3) is 48.8 Å². The fraction of sp³-hybridized carbons (Fsp3) is 0.724. The molecule has 4 unspecified atom stereocenters. The molecule has 14 bridgehead atoms. The lowest BCUT2D eigenvalue weighted by atomic mass is 10.0. The first-order valence-corrected chi connectivity index (χ1v) is 66.7. The van der Waals surface area contributed by atoms with Crippen LogP contribution in [0, 0.1) is 13.8 Å². The Labute approximate surface area is 639 Å². The first-order valence-electron chi connectivity index (χ1n) is 42.4. The largest absolute Gasteiger partial charge is 0.139 e. The summed E-state index contributed by atoms with van der Waals surface area (Å²) in [5, 5.41) is 0. The molecule has 6 aromatic heterocycles. The molecule has 0 fully saturated rings. The molecule has 0 amide bonds. The van der Waals surface area contributed by atoms with E-state index in [1.807, 2.05) is 5.67 Å². The van der Waals surface area contributed by atoms with Gasteiger partial charge in [-0.15, -0.1) is 68.0 Å². The van der Waals surface area contributed by atoms with E-state index in [4.69, 9.17) is 0 Å². The molecule has 5 aliphatic rings. The van der Waals surface area contributed by atoms with E-state index >= 15 is 0 Å². The summed E-state index contributed by atoms with van der Waals surface area (Å²) >= 11 is 13.1. The molecule has 4 atom stereocenters. The topological polar surface area (TPSA) is 0 Å². The second-order valence-electron chi connectivity index (χ2n) is 37.4. The van der Waals surface area contributed by atoms with Crippen LogP contribution in [0.5, 0.6) is 0 Å². The van der Waals surface area contributed by atoms with E-state index in [1.165, 1.54) is 249 Å². The van der Waals surface area contributed by atoms with Crippen molar-refractivity contribution in [3.8, 4) is 48.8 Å². The van der Waals surface area contributed by atoms with Gasteiger partial charge in [0.2, 0.25) is 0 Å². The van der Waals surface area contributed by atoms with Crippen molar-refractivity contribution in [1.82, 2.24) is 0 Å². The first-order chi connectivity index (χ1) is 47.7. The Bertz CT molecular complexity index is 3420. The van der Waals surface area contributed by atoms with Crippen LogP contribution in [0.3, 0.4) is 0 Å². The van der Waals surface area contributed by atoms with Crippen LogP contribution in [0.2, 0.25) is 117 Å². The smallest absolute Gasteiger partial charge is 0.0481 e. The molecule has 0 radical (unpaired) electrons. The Hall–Kier alpha value is -0.499. The third kappa shape index (κ3) is 23.7. The number of aryl methyl sites for hydroxylation is 8. The monoisotopic (exact) mass is 1550 g/mol. The standard InChI is InChI=1S/C87H142S6Si6/c1-70-59-73-48-36-24-12-18-30-42-54-95(5,6)66-97(8)56-44-32-20-14-26-38-50-75-61-79(83(73)88-70)90-85(75)81-63-77-52-40-28-16-22-34-46-58-99(10,68-97)69-98(9)57-45-33-21-15-27-39-51-76-64-82(87(77)92-81)93-86(76)80-62-74-49-37-25-13-19-31-43-55-96(7,67-98)65-94(3,4)53-41-29-17-11-23-35-47-72-60-78(84(74)91-80)89-71(72)2/h59-64H,11-58,65-69H2,1-10H3. The molecular formula is C87H142S6Si6. The summed E-state index contributed by atoms with van der Waals surface area (Å²) in [6, 6.07) is 26.3. The Kier molecular flexibility index (Phi) is 30.6. The first kappa shape index (κ1) is 79.5. The van der Waals surface area contributed by atoms with Gasteiger partial charge < -0.3 is 0 Å². The van der Waals surface area contributed by atoms with E-state index in [2.05, 4.69) is 171 Å². The van der Waals surface area contributed by atoms with E-state index in [1.54, 1.807) is 172 Å².